The van der Waals surface area contributed by atoms with E-state index in [1.165, 1.54) is 27.8 Å². The number of ether oxygens (including phenoxy) is 1. The smallest absolute Gasteiger partial charge is 0.335 e. The first-order valence-corrected chi connectivity index (χ1v) is 15.9. The highest BCUT2D eigenvalue weighted by molar-refractivity contribution is 7.89. The number of sulfonamides is 1. The van der Waals surface area contributed by atoms with Gasteiger partial charge < -0.3 is 15.2 Å². The summed E-state index contributed by atoms with van der Waals surface area (Å²) in [7, 11) is -3.73. The molecule has 3 aliphatic rings. The maximum absolute atomic E-state index is 13.8. The largest absolute Gasteiger partial charge is 0.478 e. The summed E-state index contributed by atoms with van der Waals surface area (Å²) in [5.41, 5.74) is -0.107. The zero-order valence-corrected chi connectivity index (χ0v) is 25.0. The van der Waals surface area contributed by atoms with Crippen molar-refractivity contribution < 1.29 is 32.2 Å². The minimum atomic E-state index is -3.73. The summed E-state index contributed by atoms with van der Waals surface area (Å²) < 4.78 is 47.5. The number of carbonyl (C=O) groups excluding carboxylic acids is 1. The lowest BCUT2D eigenvalue weighted by Crippen LogP contribution is -2.47. The number of thiazole rings is 1. The van der Waals surface area contributed by atoms with Crippen LogP contribution in [0.3, 0.4) is 0 Å². The molecule has 5 rings (SSSR count). The number of hydrogen-bond acceptors (Lipinski definition) is 9. The normalized spacial score (nSPS) is 25.3. The molecule has 1 saturated carbocycles. The van der Waals surface area contributed by atoms with Crippen LogP contribution in [0.4, 0.5) is 4.39 Å². The number of carboxylic acid groups (broad SMARTS) is 1. The van der Waals surface area contributed by atoms with Gasteiger partial charge in [-0.25, -0.2) is 26.9 Å². The molecule has 0 bridgehead atoms. The average molecular weight is 625 g/mol. The van der Waals surface area contributed by atoms with Gasteiger partial charge >= 0.3 is 11.9 Å². The second kappa shape index (κ2) is 11.1. The maximum Gasteiger partial charge on any atom is 0.335 e. The minimum Gasteiger partial charge on any atom is -0.478 e. The van der Waals surface area contributed by atoms with Crippen LogP contribution in [0.15, 0.2) is 46.0 Å². The van der Waals surface area contributed by atoms with Gasteiger partial charge in [0.1, 0.15) is 17.5 Å². The number of benzene rings is 1. The number of rotatable bonds is 7. The molecule has 2 atom stereocenters. The van der Waals surface area contributed by atoms with Crippen molar-refractivity contribution in [3.63, 3.8) is 0 Å². The topological polar surface area (TPSA) is 138 Å². The molecule has 1 saturated heterocycles. The highest BCUT2D eigenvalue weighted by Gasteiger charge is 2.48. The van der Waals surface area contributed by atoms with Crippen LogP contribution in [0.1, 0.15) is 56.6 Å². The van der Waals surface area contributed by atoms with Crippen molar-refractivity contribution in [3.05, 3.63) is 62.5 Å². The third-order valence-corrected chi connectivity index (χ3v) is 10.8. The van der Waals surface area contributed by atoms with Crippen LogP contribution in [0, 0.1) is 17.7 Å². The first-order valence-electron chi connectivity index (χ1n) is 13.1. The van der Waals surface area contributed by atoms with Gasteiger partial charge in [-0.3, -0.25) is 9.79 Å². The molecule has 2 unspecified atom stereocenters. The molecule has 3 heterocycles. The molecule has 1 aromatic heterocycles. The van der Waals surface area contributed by atoms with E-state index in [-0.39, 0.29) is 36.5 Å². The van der Waals surface area contributed by atoms with Gasteiger partial charge in [0.2, 0.25) is 10.0 Å². The lowest BCUT2D eigenvalue weighted by atomic mass is 9.85. The third kappa shape index (κ3) is 6.04. The molecule has 2 aliphatic heterocycles. The van der Waals surface area contributed by atoms with Crippen molar-refractivity contribution in [1.82, 2.24) is 14.6 Å². The van der Waals surface area contributed by atoms with Crippen molar-refractivity contribution in [2.24, 2.45) is 16.8 Å². The molecule has 1 aliphatic carbocycles. The first-order chi connectivity index (χ1) is 19.2. The fourth-order valence-corrected chi connectivity index (χ4v) is 8.29. The minimum absolute atomic E-state index is 0.0254. The highest BCUT2D eigenvalue weighted by atomic mass is 35.5. The Balaban J connectivity index is 1.41. The van der Waals surface area contributed by atoms with Gasteiger partial charge in [0.05, 0.1) is 16.7 Å². The highest BCUT2D eigenvalue weighted by Crippen LogP contribution is 2.42. The van der Waals surface area contributed by atoms with Gasteiger partial charge in [-0.1, -0.05) is 17.7 Å². The zero-order chi connectivity index (χ0) is 29.7. The number of aliphatic imine (C=N–C) groups is 1. The Morgan fingerprint density at radius 2 is 2.00 bits per heavy atom. The molecule has 2 aromatic rings. The van der Waals surface area contributed by atoms with Crippen molar-refractivity contribution >= 4 is 50.7 Å². The number of aromatic nitrogens is 1. The van der Waals surface area contributed by atoms with Gasteiger partial charge in [-0.05, 0) is 52.2 Å². The Labute approximate surface area is 246 Å². The summed E-state index contributed by atoms with van der Waals surface area (Å²) in [6, 6.07) is 2.63. The van der Waals surface area contributed by atoms with E-state index in [2.05, 4.69) is 15.3 Å². The molecule has 14 heteroatoms. The standard InChI is InChI=1S/C27H30ClFN4O6S2/c1-27(2,3)39-26(36)15-10-17(11-15)41(37,38)33-8-6-14(13-33)21-20(25(34)35)22(18-5-4-16(29)12-19(18)28)32-23(31-21)24-30-7-9-40-24/h4-5,7,9,12,14-15,17,22H,6,8,10-11,13H2,1-3H3,(H,31,32)(H,34,35). The number of halogens is 2. The molecule has 0 amide bonds. The molecule has 2 N–H and O–H groups in total. The fraction of sp³-hybridized carbons (Fsp3) is 0.481. The van der Waals surface area contributed by atoms with E-state index in [1.54, 1.807) is 32.3 Å². The van der Waals surface area contributed by atoms with Crippen molar-refractivity contribution in [2.75, 3.05) is 13.1 Å². The SMILES string of the molecule is CC(C)(C)OC(=O)C1CC(S(=O)(=O)N2CCC(C3=C(C(=O)O)C(c4ccc(F)cc4Cl)N=C(c4nccs4)N3)C2)C1. The van der Waals surface area contributed by atoms with E-state index >= 15 is 0 Å². The van der Waals surface area contributed by atoms with Crippen molar-refractivity contribution in [1.29, 1.82) is 0 Å². The van der Waals surface area contributed by atoms with Crippen LogP contribution in [0.5, 0.6) is 0 Å². The molecule has 41 heavy (non-hydrogen) atoms. The molecule has 220 valence electrons. The Hall–Kier alpha value is -2.87. The molecular weight excluding hydrogens is 595 g/mol. The lowest BCUT2D eigenvalue weighted by molar-refractivity contribution is -0.162. The Morgan fingerprint density at radius 1 is 1.27 bits per heavy atom. The van der Waals surface area contributed by atoms with E-state index in [9.17, 15) is 27.5 Å². The predicted octanol–water partition coefficient (Wildman–Crippen LogP) is 4.14. The van der Waals surface area contributed by atoms with Gasteiger partial charge in [0.15, 0.2) is 10.8 Å². The Morgan fingerprint density at radius 3 is 2.61 bits per heavy atom. The fourth-order valence-electron chi connectivity index (χ4n) is 5.31. The van der Waals surface area contributed by atoms with Crippen LogP contribution in [0.2, 0.25) is 5.02 Å². The Kier molecular flexibility index (Phi) is 8.01. The number of carboxylic acids is 1. The zero-order valence-electron chi connectivity index (χ0n) is 22.6. The summed E-state index contributed by atoms with van der Waals surface area (Å²) in [4.78, 5) is 33.9. The summed E-state index contributed by atoms with van der Waals surface area (Å²) >= 11 is 7.64. The van der Waals surface area contributed by atoms with E-state index < -0.39 is 56.5 Å². The number of amidine groups is 1. The number of nitrogens with zero attached hydrogens (tertiary/aromatic N) is 3. The van der Waals surface area contributed by atoms with E-state index in [0.29, 0.717) is 28.5 Å². The van der Waals surface area contributed by atoms with Crippen LogP contribution in [-0.4, -0.2) is 64.5 Å². The Bertz CT molecular complexity index is 1530. The summed E-state index contributed by atoms with van der Waals surface area (Å²) in [6.07, 6.45) is 2.33. The molecule has 0 spiro atoms. The molecular formula is C27H30ClFN4O6S2. The summed E-state index contributed by atoms with van der Waals surface area (Å²) in [6.45, 7) is 5.55. The third-order valence-electron chi connectivity index (χ3n) is 7.37. The second-order valence-electron chi connectivity index (χ2n) is 11.4. The van der Waals surface area contributed by atoms with Gasteiger partial charge in [-0.15, -0.1) is 11.3 Å². The number of carbonyl (C=O) groups is 2. The molecule has 10 nitrogen and oxygen atoms in total. The number of esters is 1. The van der Waals surface area contributed by atoms with Crippen molar-refractivity contribution in [2.45, 2.75) is 56.9 Å². The van der Waals surface area contributed by atoms with E-state index in [0.717, 1.165) is 6.07 Å². The molecule has 1 aromatic carbocycles. The average Bonchev–Trinajstić information content (AvgIpc) is 3.54. The van der Waals surface area contributed by atoms with Gasteiger partial charge in [0.25, 0.3) is 0 Å². The van der Waals surface area contributed by atoms with Crippen LogP contribution in [0.25, 0.3) is 0 Å². The van der Waals surface area contributed by atoms with E-state index in [1.807, 2.05) is 0 Å². The quantitative estimate of drug-likeness (QED) is 0.439. The summed E-state index contributed by atoms with van der Waals surface area (Å²) in [5.74, 6) is -2.84. The molecule has 0 radical (unpaired) electrons. The van der Waals surface area contributed by atoms with Crippen LogP contribution in [-0.2, 0) is 24.3 Å². The number of nitrogens with one attached hydrogen (secondary N) is 1. The number of hydrogen-bond donors (Lipinski definition) is 2. The lowest BCUT2D eigenvalue weighted by Gasteiger charge is -2.37. The second-order valence-corrected chi connectivity index (χ2v) is 14.9. The van der Waals surface area contributed by atoms with Crippen molar-refractivity contribution in [3.8, 4) is 0 Å². The first kappa shape index (κ1) is 29.6. The van der Waals surface area contributed by atoms with Gasteiger partial charge in [-0.2, -0.15) is 0 Å². The summed E-state index contributed by atoms with van der Waals surface area (Å²) in [5, 5.41) is 15.0. The van der Waals surface area contributed by atoms with Crippen LogP contribution < -0.4 is 5.32 Å². The monoisotopic (exact) mass is 624 g/mol. The van der Waals surface area contributed by atoms with Crippen LogP contribution >= 0.6 is 22.9 Å². The van der Waals surface area contributed by atoms with Gasteiger partial charge in [0, 0.05) is 46.9 Å². The predicted molar refractivity (Wildman–Crippen MR) is 152 cm³/mol. The maximum atomic E-state index is 13.8. The number of aliphatic carboxylic acids is 1. The molecule has 2 fully saturated rings. The van der Waals surface area contributed by atoms with E-state index in [4.69, 9.17) is 16.3 Å².